The summed E-state index contributed by atoms with van der Waals surface area (Å²) in [6.45, 7) is -1.01. The Morgan fingerprint density at radius 3 is 1.69 bits per heavy atom. The summed E-state index contributed by atoms with van der Waals surface area (Å²) >= 11 is 0. The predicted molar refractivity (Wildman–Crippen MR) is 91.3 cm³/mol. The zero-order valence-corrected chi connectivity index (χ0v) is 17.7. The Hall–Kier alpha value is -1.73. The van der Waals surface area contributed by atoms with Crippen LogP contribution < -0.4 is 5.32 Å². The highest BCUT2D eigenvalue weighted by Gasteiger charge is 2.94. The molecule has 0 radical (unpaired) electrons. The normalized spacial score (nSPS) is 14.7. The summed E-state index contributed by atoms with van der Waals surface area (Å²) in [7, 11) is 1.59. The maximum Gasteiger partial charge on any atom is 0.460 e. The molecule has 0 aliphatic rings. The lowest BCUT2D eigenvalue weighted by Crippen LogP contribution is -2.74. The van der Waals surface area contributed by atoms with Gasteiger partial charge in [0.2, 0.25) is 0 Å². The number of alkyl halides is 15. The third-order valence-corrected chi connectivity index (χ3v) is 6.13. The summed E-state index contributed by atoms with van der Waals surface area (Å²) in [5.74, 6) is -51.8. The quantitative estimate of drug-likeness (QED) is 0.189. The van der Waals surface area contributed by atoms with Crippen LogP contribution in [-0.2, 0) is 4.79 Å². The van der Waals surface area contributed by atoms with Gasteiger partial charge in [0.1, 0.15) is 5.03 Å². The van der Waals surface area contributed by atoms with Crippen LogP contribution in [0.15, 0.2) is 29.4 Å². The molecule has 0 aromatic carbocycles. The number of hydrogen-bond acceptors (Lipinski definition) is 4. The first-order chi connectivity index (χ1) is 15.5. The fourth-order valence-electron chi connectivity index (χ4n) is 1.92. The third kappa shape index (κ3) is 5.36. The van der Waals surface area contributed by atoms with E-state index >= 15 is 0 Å². The molecule has 0 saturated heterocycles. The second-order valence-corrected chi connectivity index (χ2v) is 8.71. The predicted octanol–water partition coefficient (Wildman–Crippen LogP) is 6.31. The van der Waals surface area contributed by atoms with Crippen molar-refractivity contribution < 1.29 is 70.7 Å². The van der Waals surface area contributed by atoms with Crippen LogP contribution >= 0.6 is 21.6 Å². The Bertz CT molecular complexity index is 877. The van der Waals surface area contributed by atoms with Crippen molar-refractivity contribution in [2.75, 3.05) is 12.3 Å². The average Bonchev–Trinajstić information content (AvgIpc) is 2.72. The molecule has 1 heterocycles. The lowest BCUT2D eigenvalue weighted by Gasteiger charge is -2.41. The monoisotopic (exact) mass is 582 g/mol. The number of amides is 1. The lowest BCUT2D eigenvalue weighted by atomic mass is 9.91. The van der Waals surface area contributed by atoms with E-state index in [1.165, 1.54) is 24.4 Å². The highest BCUT2D eigenvalue weighted by molar-refractivity contribution is 8.76. The summed E-state index contributed by atoms with van der Waals surface area (Å²) < 4.78 is 196. The van der Waals surface area contributed by atoms with Gasteiger partial charge in [-0.2, -0.15) is 65.9 Å². The highest BCUT2D eigenvalue weighted by atomic mass is 33.1. The second-order valence-electron chi connectivity index (χ2n) is 6.27. The Morgan fingerprint density at radius 2 is 1.23 bits per heavy atom. The fraction of sp³-hybridized carbons (Fsp3) is 0.600. The largest absolute Gasteiger partial charge is 0.460 e. The van der Waals surface area contributed by atoms with E-state index in [1.807, 2.05) is 0 Å². The van der Waals surface area contributed by atoms with Gasteiger partial charge in [0, 0.05) is 18.5 Å². The van der Waals surface area contributed by atoms with Crippen LogP contribution in [0.3, 0.4) is 0 Å². The number of carbonyl (C=O) groups is 1. The van der Waals surface area contributed by atoms with Crippen LogP contribution in [0.5, 0.6) is 0 Å². The molecule has 20 heteroatoms. The van der Waals surface area contributed by atoms with Crippen molar-refractivity contribution >= 4 is 27.5 Å². The molecule has 202 valence electrons. The molecule has 0 aliphatic carbocycles. The average molecular weight is 582 g/mol. The molecule has 3 nitrogen and oxygen atoms in total. The smallest absolute Gasteiger partial charge is 0.350 e. The van der Waals surface area contributed by atoms with Crippen molar-refractivity contribution in [3.8, 4) is 0 Å². The van der Waals surface area contributed by atoms with Crippen LogP contribution in [0.25, 0.3) is 0 Å². The van der Waals surface area contributed by atoms with Crippen molar-refractivity contribution in [1.29, 1.82) is 0 Å². The molecule has 1 rings (SSSR count). The van der Waals surface area contributed by atoms with Gasteiger partial charge < -0.3 is 5.32 Å². The lowest BCUT2D eigenvalue weighted by molar-refractivity contribution is -0.449. The minimum Gasteiger partial charge on any atom is -0.350 e. The number of aromatic nitrogens is 1. The van der Waals surface area contributed by atoms with Crippen molar-refractivity contribution in [2.45, 2.75) is 46.7 Å². The summed E-state index contributed by atoms with van der Waals surface area (Å²) in [6.07, 6.45) is -6.35. The second kappa shape index (κ2) is 9.97. The molecular weight excluding hydrogens is 573 g/mol. The van der Waals surface area contributed by atoms with Gasteiger partial charge in [-0.15, -0.1) is 0 Å². The van der Waals surface area contributed by atoms with Gasteiger partial charge in [-0.05, 0) is 22.9 Å². The van der Waals surface area contributed by atoms with Gasteiger partial charge in [0.25, 0.3) is 5.91 Å². The minimum atomic E-state index is -8.43. The van der Waals surface area contributed by atoms with Crippen molar-refractivity contribution in [1.82, 2.24) is 10.3 Å². The SMILES string of the molecule is O=C(NCCSSc1ccccn1)C(F)(F)C(F)(F)C(F)(F)C(F)(F)C(F)(F)C(F)(F)C(F)(F)F. The van der Waals surface area contributed by atoms with Crippen molar-refractivity contribution in [3.05, 3.63) is 24.4 Å². The Labute approximate surface area is 192 Å². The third-order valence-electron chi connectivity index (χ3n) is 3.87. The van der Waals surface area contributed by atoms with Gasteiger partial charge >= 0.3 is 41.7 Å². The van der Waals surface area contributed by atoms with Crippen molar-refractivity contribution in [3.63, 3.8) is 0 Å². The first-order valence-electron chi connectivity index (χ1n) is 8.32. The summed E-state index contributed by atoms with van der Waals surface area (Å²) in [5, 5.41) is 1.25. The maximum atomic E-state index is 13.7. The zero-order valence-electron chi connectivity index (χ0n) is 16.1. The van der Waals surface area contributed by atoms with E-state index < -0.39 is 59.9 Å². The van der Waals surface area contributed by atoms with Crippen LogP contribution in [0.2, 0.25) is 0 Å². The van der Waals surface area contributed by atoms with Crippen LogP contribution in [0.1, 0.15) is 0 Å². The number of halogens is 15. The number of pyridine rings is 1. The van der Waals surface area contributed by atoms with Crippen LogP contribution in [0, 0.1) is 0 Å². The molecule has 1 amide bonds. The molecule has 0 unspecified atom stereocenters. The van der Waals surface area contributed by atoms with Gasteiger partial charge in [-0.1, -0.05) is 16.9 Å². The van der Waals surface area contributed by atoms with E-state index in [1.54, 1.807) is 0 Å². The molecule has 35 heavy (non-hydrogen) atoms. The van der Waals surface area contributed by atoms with Crippen molar-refractivity contribution in [2.24, 2.45) is 0 Å². The first-order valence-corrected chi connectivity index (χ1v) is 10.6. The van der Waals surface area contributed by atoms with E-state index in [9.17, 15) is 70.7 Å². The van der Waals surface area contributed by atoms with E-state index in [0.29, 0.717) is 5.03 Å². The molecule has 0 bridgehead atoms. The highest BCUT2D eigenvalue weighted by Crippen LogP contribution is 2.62. The molecule has 1 aromatic heterocycles. The Kier molecular flexibility index (Phi) is 8.91. The van der Waals surface area contributed by atoms with E-state index in [0.717, 1.165) is 26.9 Å². The number of carbonyl (C=O) groups excluding carboxylic acids is 1. The molecule has 0 aliphatic heterocycles. The topological polar surface area (TPSA) is 42.0 Å². The number of nitrogens with one attached hydrogen (secondary N) is 1. The zero-order chi connectivity index (χ0) is 27.7. The Morgan fingerprint density at radius 1 is 0.743 bits per heavy atom. The summed E-state index contributed by atoms with van der Waals surface area (Å²) in [5.41, 5.74) is 0. The fourth-order valence-corrected chi connectivity index (χ4v) is 3.71. The molecule has 0 fully saturated rings. The van der Waals surface area contributed by atoms with Gasteiger partial charge in [0.05, 0.1) is 0 Å². The standard InChI is InChI=1S/C15H9F15N2OS2/c16-9(17,8(33)32-5-6-34-35-7-3-1-2-4-31-7)10(18,19)11(20,21)12(22,23)13(24,25)14(26,27)15(28,29)30/h1-4H,5-6H2,(H,32,33). The van der Waals surface area contributed by atoms with Gasteiger partial charge in [-0.25, -0.2) is 4.98 Å². The molecule has 0 spiro atoms. The van der Waals surface area contributed by atoms with Crippen LogP contribution in [-0.4, -0.2) is 64.9 Å². The van der Waals surface area contributed by atoms with Gasteiger partial charge in [0.15, 0.2) is 0 Å². The first kappa shape index (κ1) is 31.3. The number of nitrogens with zero attached hydrogens (tertiary/aromatic N) is 1. The number of hydrogen-bond donors (Lipinski definition) is 1. The van der Waals surface area contributed by atoms with E-state index in [4.69, 9.17) is 0 Å². The maximum absolute atomic E-state index is 13.7. The van der Waals surface area contributed by atoms with Gasteiger partial charge in [-0.3, -0.25) is 4.79 Å². The molecular formula is C15H9F15N2OS2. The Balaban J connectivity index is 3.06. The van der Waals surface area contributed by atoms with E-state index in [2.05, 4.69) is 4.98 Å². The molecule has 0 saturated carbocycles. The summed E-state index contributed by atoms with van der Waals surface area (Å²) in [6, 6.07) is 4.48. The molecule has 1 aromatic rings. The van der Waals surface area contributed by atoms with Crippen LogP contribution in [0.4, 0.5) is 65.9 Å². The minimum absolute atomic E-state index is 0.333. The molecule has 0 atom stereocenters. The molecule has 1 N–H and O–H groups in total. The summed E-state index contributed by atoms with van der Waals surface area (Å²) in [4.78, 5) is 15.0. The van der Waals surface area contributed by atoms with E-state index in [-0.39, 0.29) is 0 Å². The number of rotatable bonds is 11.